The number of hydrogen-bond acceptors (Lipinski definition) is 2. The molecule has 2 N–H and O–H groups in total. The minimum atomic E-state index is -2.40. The van der Waals surface area contributed by atoms with Crippen LogP contribution in [0.3, 0.4) is 0 Å². The van der Waals surface area contributed by atoms with Crippen molar-refractivity contribution in [2.45, 2.75) is 25.9 Å². The summed E-state index contributed by atoms with van der Waals surface area (Å²) in [6.07, 6.45) is 0.507. The molecular formula is C10H14O3P+. The topological polar surface area (TPSA) is 57.5 Å². The molecule has 0 heterocycles. The van der Waals surface area contributed by atoms with Gasteiger partial charge in [-0.05, 0) is 24.0 Å². The van der Waals surface area contributed by atoms with Crippen molar-refractivity contribution in [3.05, 3.63) is 29.8 Å². The van der Waals surface area contributed by atoms with Crippen molar-refractivity contribution >= 4 is 13.3 Å². The quantitative estimate of drug-likeness (QED) is 0.751. The van der Waals surface area contributed by atoms with E-state index in [1.807, 2.05) is 6.92 Å². The highest BCUT2D eigenvalue weighted by atomic mass is 31.1. The highest BCUT2D eigenvalue weighted by Gasteiger charge is 2.31. The van der Waals surface area contributed by atoms with Gasteiger partial charge in [-0.25, -0.2) is 0 Å². The second-order valence-corrected chi connectivity index (χ2v) is 4.45. The van der Waals surface area contributed by atoms with Crippen LogP contribution >= 0.6 is 8.03 Å². The molecular weight excluding hydrogens is 199 g/mol. The average Bonchev–Trinajstić information content (AvgIpc) is 2.18. The van der Waals surface area contributed by atoms with E-state index in [0.717, 1.165) is 0 Å². The third kappa shape index (κ3) is 2.18. The van der Waals surface area contributed by atoms with Crippen LogP contribution in [-0.2, 0) is 10.2 Å². The molecule has 0 bridgehead atoms. The van der Waals surface area contributed by atoms with Crippen LogP contribution in [0.15, 0.2) is 24.3 Å². The van der Waals surface area contributed by atoms with Crippen molar-refractivity contribution in [2.75, 3.05) is 0 Å². The lowest BCUT2D eigenvalue weighted by Gasteiger charge is -2.20. The minimum Gasteiger partial charge on any atom is -0.385 e. The average molecular weight is 213 g/mol. The molecule has 0 aromatic heterocycles. The standard InChI is InChI=1S/C10H13O3P/c1-3-10(2,11)8-6-4-5-7-9(8)14(12)13/h4-7,11H,3H2,1-2H3/p+1. The molecule has 0 saturated carbocycles. The van der Waals surface area contributed by atoms with Crippen LogP contribution in [0.25, 0.3) is 0 Å². The summed E-state index contributed by atoms with van der Waals surface area (Å²) in [5.41, 5.74) is -0.504. The van der Waals surface area contributed by atoms with Gasteiger partial charge in [-0.15, -0.1) is 0 Å². The lowest BCUT2D eigenvalue weighted by molar-refractivity contribution is 0.0540. The van der Waals surface area contributed by atoms with Crippen molar-refractivity contribution in [3.8, 4) is 0 Å². The number of rotatable bonds is 3. The van der Waals surface area contributed by atoms with Gasteiger partial charge in [0.15, 0.2) is 0 Å². The van der Waals surface area contributed by atoms with E-state index in [-0.39, 0.29) is 0 Å². The lowest BCUT2D eigenvalue weighted by Crippen LogP contribution is -2.26. The number of aliphatic hydroxyl groups is 1. The Labute approximate surface area is 84.3 Å². The summed E-state index contributed by atoms with van der Waals surface area (Å²) in [5, 5.41) is 10.3. The Kier molecular flexibility index (Phi) is 3.38. The summed E-state index contributed by atoms with van der Waals surface area (Å²) >= 11 is 0. The van der Waals surface area contributed by atoms with Crippen LogP contribution < -0.4 is 5.30 Å². The largest absolute Gasteiger partial charge is 0.546 e. The summed E-state index contributed by atoms with van der Waals surface area (Å²) in [5.74, 6) is 0. The molecule has 76 valence electrons. The van der Waals surface area contributed by atoms with Gasteiger partial charge >= 0.3 is 8.03 Å². The van der Waals surface area contributed by atoms with Crippen molar-refractivity contribution in [1.82, 2.24) is 0 Å². The van der Waals surface area contributed by atoms with Gasteiger partial charge in [0.2, 0.25) is 5.30 Å². The molecule has 14 heavy (non-hydrogen) atoms. The zero-order chi connectivity index (χ0) is 10.8. The summed E-state index contributed by atoms with van der Waals surface area (Å²) in [6, 6.07) is 6.69. The molecule has 0 amide bonds. The first-order valence-electron chi connectivity index (χ1n) is 4.47. The molecule has 0 radical (unpaired) electrons. The van der Waals surface area contributed by atoms with Crippen LogP contribution in [0.5, 0.6) is 0 Å². The van der Waals surface area contributed by atoms with Gasteiger partial charge in [0, 0.05) is 5.56 Å². The van der Waals surface area contributed by atoms with Crippen LogP contribution in [0.2, 0.25) is 0 Å². The molecule has 1 rings (SSSR count). The fourth-order valence-corrected chi connectivity index (χ4v) is 2.02. The fraction of sp³-hybridized carbons (Fsp3) is 0.400. The Morgan fingerprint density at radius 1 is 1.43 bits per heavy atom. The van der Waals surface area contributed by atoms with Crippen LogP contribution in [-0.4, -0.2) is 10.00 Å². The van der Waals surface area contributed by atoms with Crippen molar-refractivity contribution < 1.29 is 14.6 Å². The third-order valence-electron chi connectivity index (χ3n) is 2.38. The van der Waals surface area contributed by atoms with Gasteiger partial charge in [-0.3, -0.25) is 0 Å². The highest BCUT2D eigenvalue weighted by molar-refractivity contribution is 7.47. The monoisotopic (exact) mass is 213 g/mol. The van der Waals surface area contributed by atoms with Gasteiger partial charge in [0.05, 0.1) is 5.60 Å². The molecule has 4 heteroatoms. The van der Waals surface area contributed by atoms with Crippen LogP contribution in [0, 0.1) is 0 Å². The zero-order valence-electron chi connectivity index (χ0n) is 8.27. The number of benzene rings is 1. The van der Waals surface area contributed by atoms with Gasteiger partial charge in [0.1, 0.15) is 0 Å². The van der Waals surface area contributed by atoms with Crippen molar-refractivity contribution in [1.29, 1.82) is 0 Å². The molecule has 0 fully saturated rings. The Morgan fingerprint density at radius 3 is 2.50 bits per heavy atom. The van der Waals surface area contributed by atoms with E-state index in [0.29, 0.717) is 17.3 Å². The maximum Gasteiger partial charge on any atom is 0.546 e. The first-order chi connectivity index (χ1) is 6.49. The Bertz CT molecular complexity index is 347. The Morgan fingerprint density at radius 2 is 2.00 bits per heavy atom. The Balaban J connectivity index is 3.27. The van der Waals surface area contributed by atoms with Gasteiger partial charge < -0.3 is 5.11 Å². The van der Waals surface area contributed by atoms with Crippen LogP contribution in [0.4, 0.5) is 0 Å². The van der Waals surface area contributed by atoms with E-state index in [4.69, 9.17) is 4.89 Å². The molecule has 2 atom stereocenters. The lowest BCUT2D eigenvalue weighted by atomic mass is 9.93. The molecule has 0 aliphatic heterocycles. The molecule has 1 aromatic rings. The molecule has 0 aliphatic carbocycles. The van der Waals surface area contributed by atoms with Gasteiger partial charge in [-0.1, -0.05) is 25.1 Å². The number of hydrogen-bond donors (Lipinski definition) is 2. The molecule has 0 saturated heterocycles. The van der Waals surface area contributed by atoms with E-state index < -0.39 is 13.6 Å². The summed E-state index contributed by atoms with van der Waals surface area (Å²) < 4.78 is 11.0. The van der Waals surface area contributed by atoms with Crippen molar-refractivity contribution in [3.63, 3.8) is 0 Å². The van der Waals surface area contributed by atoms with Crippen LogP contribution in [0.1, 0.15) is 25.8 Å². The third-order valence-corrected chi connectivity index (χ3v) is 3.18. The molecule has 0 spiro atoms. The summed E-state index contributed by atoms with van der Waals surface area (Å²) in [4.78, 5) is 9.06. The van der Waals surface area contributed by atoms with Gasteiger partial charge in [-0.2, -0.15) is 4.89 Å². The second kappa shape index (κ2) is 4.18. The van der Waals surface area contributed by atoms with E-state index in [1.165, 1.54) is 0 Å². The summed E-state index contributed by atoms with van der Waals surface area (Å²) in [6.45, 7) is 3.48. The smallest absolute Gasteiger partial charge is 0.385 e. The molecule has 0 aliphatic rings. The van der Waals surface area contributed by atoms with E-state index >= 15 is 0 Å². The van der Waals surface area contributed by atoms with Crippen molar-refractivity contribution in [2.24, 2.45) is 0 Å². The second-order valence-electron chi connectivity index (χ2n) is 3.42. The predicted octanol–water partition coefficient (Wildman–Crippen LogP) is 1.66. The van der Waals surface area contributed by atoms with Gasteiger partial charge in [0.25, 0.3) is 0 Å². The Hall–Kier alpha value is -0.760. The minimum absolute atomic E-state index is 0.314. The maximum atomic E-state index is 11.0. The SMILES string of the molecule is CCC(C)(O)c1ccccc1[P+](=O)O. The van der Waals surface area contributed by atoms with E-state index in [9.17, 15) is 9.67 Å². The zero-order valence-corrected chi connectivity index (χ0v) is 9.16. The maximum absolute atomic E-state index is 11.0. The summed E-state index contributed by atoms with van der Waals surface area (Å²) in [7, 11) is -2.40. The normalized spacial score (nSPS) is 16.1. The first-order valence-corrected chi connectivity index (χ1v) is 5.68. The predicted molar refractivity (Wildman–Crippen MR) is 55.8 cm³/mol. The highest BCUT2D eigenvalue weighted by Crippen LogP contribution is 2.27. The van der Waals surface area contributed by atoms with E-state index in [2.05, 4.69) is 0 Å². The van der Waals surface area contributed by atoms with E-state index in [1.54, 1.807) is 31.2 Å². The molecule has 2 unspecified atom stereocenters. The molecule has 1 aromatic carbocycles. The first kappa shape index (κ1) is 11.3. The molecule has 3 nitrogen and oxygen atoms in total. The fourth-order valence-electron chi connectivity index (χ4n) is 1.29.